The first-order valence-electron chi connectivity index (χ1n) is 11.0. The number of aryl methyl sites for hydroxylation is 2. The van der Waals surface area contributed by atoms with Gasteiger partial charge in [-0.2, -0.15) is 0 Å². The number of rotatable bonds is 7. The normalized spacial score (nSPS) is 19.3. The van der Waals surface area contributed by atoms with Gasteiger partial charge in [0.25, 0.3) is 0 Å². The summed E-state index contributed by atoms with van der Waals surface area (Å²) >= 11 is 0. The van der Waals surface area contributed by atoms with Gasteiger partial charge in [0.1, 0.15) is 5.82 Å². The first-order valence-corrected chi connectivity index (χ1v) is 11.0. The third-order valence-electron chi connectivity index (χ3n) is 6.53. The SMILES string of the molecule is CCCC1CCC(c2cc(F)c(CCc3ccc(CC)c(F)c3F)c(F)c2F)CC1. The molecule has 0 bridgehead atoms. The van der Waals surface area contributed by atoms with Crippen LogP contribution < -0.4 is 0 Å². The van der Waals surface area contributed by atoms with E-state index in [4.69, 9.17) is 0 Å². The number of hydrogen-bond acceptors (Lipinski definition) is 0. The standard InChI is InChI=1S/C25H29F5/c1-3-5-15-6-8-17(9-7-15)20-14-21(26)19(24(29)25(20)30)13-12-18-11-10-16(4-2)22(27)23(18)28/h10-11,14-15,17H,3-9,12-13H2,1-2H3. The van der Waals surface area contributed by atoms with Crippen LogP contribution in [0, 0.1) is 35.0 Å². The molecule has 0 N–H and O–H groups in total. The molecule has 0 aliphatic heterocycles. The van der Waals surface area contributed by atoms with Crippen LogP contribution in [0.15, 0.2) is 18.2 Å². The number of halogens is 5. The van der Waals surface area contributed by atoms with Crippen LogP contribution in [0.1, 0.15) is 80.5 Å². The zero-order valence-electron chi connectivity index (χ0n) is 17.6. The second-order valence-electron chi connectivity index (χ2n) is 8.43. The molecular weight excluding hydrogens is 395 g/mol. The van der Waals surface area contributed by atoms with Gasteiger partial charge in [0, 0.05) is 5.56 Å². The molecule has 0 unspecified atom stereocenters. The lowest BCUT2D eigenvalue weighted by Crippen LogP contribution is -2.16. The van der Waals surface area contributed by atoms with Crippen molar-refractivity contribution in [3.8, 4) is 0 Å². The highest BCUT2D eigenvalue weighted by molar-refractivity contribution is 5.33. The van der Waals surface area contributed by atoms with Gasteiger partial charge in [-0.05, 0) is 79.5 Å². The van der Waals surface area contributed by atoms with E-state index in [0.717, 1.165) is 44.6 Å². The van der Waals surface area contributed by atoms with Crippen LogP contribution in [0.2, 0.25) is 0 Å². The summed E-state index contributed by atoms with van der Waals surface area (Å²) in [7, 11) is 0. The quantitative estimate of drug-likeness (QED) is 0.314. The van der Waals surface area contributed by atoms with Gasteiger partial charge in [-0.15, -0.1) is 0 Å². The van der Waals surface area contributed by atoms with Crippen molar-refractivity contribution in [2.24, 2.45) is 5.92 Å². The zero-order chi connectivity index (χ0) is 21.8. The van der Waals surface area contributed by atoms with Gasteiger partial charge < -0.3 is 0 Å². The van der Waals surface area contributed by atoms with Crippen molar-refractivity contribution in [3.05, 3.63) is 69.5 Å². The minimum atomic E-state index is -1.20. The maximum atomic E-state index is 14.8. The lowest BCUT2D eigenvalue weighted by molar-refractivity contribution is 0.302. The van der Waals surface area contributed by atoms with E-state index in [1.165, 1.54) is 12.1 Å². The summed E-state index contributed by atoms with van der Waals surface area (Å²) in [4.78, 5) is 0. The molecule has 0 atom stereocenters. The highest BCUT2D eigenvalue weighted by atomic mass is 19.2. The third-order valence-corrected chi connectivity index (χ3v) is 6.53. The lowest BCUT2D eigenvalue weighted by Gasteiger charge is -2.29. The summed E-state index contributed by atoms with van der Waals surface area (Å²) < 4.78 is 72.3. The molecule has 164 valence electrons. The van der Waals surface area contributed by atoms with Crippen LogP contribution in [-0.4, -0.2) is 0 Å². The van der Waals surface area contributed by atoms with E-state index in [-0.39, 0.29) is 35.4 Å². The Labute approximate surface area is 175 Å². The molecule has 5 heteroatoms. The van der Waals surface area contributed by atoms with Crippen molar-refractivity contribution in [3.63, 3.8) is 0 Å². The second kappa shape index (κ2) is 9.93. The molecule has 1 saturated carbocycles. The average Bonchev–Trinajstić information content (AvgIpc) is 2.74. The van der Waals surface area contributed by atoms with Crippen molar-refractivity contribution in [2.75, 3.05) is 0 Å². The fourth-order valence-corrected chi connectivity index (χ4v) is 4.70. The summed E-state index contributed by atoms with van der Waals surface area (Å²) in [6.45, 7) is 3.84. The maximum absolute atomic E-state index is 14.8. The molecule has 0 saturated heterocycles. The minimum absolute atomic E-state index is 0.0298. The number of benzene rings is 2. The smallest absolute Gasteiger partial charge is 0.165 e. The Morgan fingerprint density at radius 2 is 1.40 bits per heavy atom. The Kier molecular flexibility index (Phi) is 7.54. The predicted molar refractivity (Wildman–Crippen MR) is 109 cm³/mol. The molecular formula is C25H29F5. The van der Waals surface area contributed by atoms with Crippen LogP contribution >= 0.6 is 0 Å². The van der Waals surface area contributed by atoms with E-state index in [9.17, 15) is 22.0 Å². The lowest BCUT2D eigenvalue weighted by atomic mass is 9.77. The van der Waals surface area contributed by atoms with Gasteiger partial charge in [-0.25, -0.2) is 22.0 Å². The van der Waals surface area contributed by atoms with Crippen molar-refractivity contribution in [1.29, 1.82) is 0 Å². The average molecular weight is 424 g/mol. The highest BCUT2D eigenvalue weighted by Crippen LogP contribution is 2.39. The van der Waals surface area contributed by atoms with Gasteiger partial charge in [0.05, 0.1) is 0 Å². The fraction of sp³-hybridized carbons (Fsp3) is 0.520. The van der Waals surface area contributed by atoms with Crippen molar-refractivity contribution >= 4 is 0 Å². The monoisotopic (exact) mass is 424 g/mol. The molecule has 0 amide bonds. The molecule has 0 spiro atoms. The molecule has 0 nitrogen and oxygen atoms in total. The van der Waals surface area contributed by atoms with Crippen LogP contribution in [0.5, 0.6) is 0 Å². The van der Waals surface area contributed by atoms with Crippen LogP contribution in [0.4, 0.5) is 22.0 Å². The first kappa shape index (κ1) is 22.8. The Hall–Kier alpha value is -1.91. The molecule has 1 aliphatic carbocycles. The molecule has 2 aromatic carbocycles. The Balaban J connectivity index is 1.76. The topological polar surface area (TPSA) is 0 Å². The Bertz CT molecular complexity index is 882. The van der Waals surface area contributed by atoms with E-state index in [0.29, 0.717) is 12.3 Å². The van der Waals surface area contributed by atoms with E-state index in [1.54, 1.807) is 6.92 Å². The van der Waals surface area contributed by atoms with E-state index in [2.05, 4.69) is 6.92 Å². The number of hydrogen-bond donors (Lipinski definition) is 0. The van der Waals surface area contributed by atoms with Gasteiger partial charge >= 0.3 is 0 Å². The largest absolute Gasteiger partial charge is 0.207 e. The van der Waals surface area contributed by atoms with E-state index < -0.39 is 34.6 Å². The summed E-state index contributed by atoms with van der Waals surface area (Å²) in [6.07, 6.45) is 5.59. The minimum Gasteiger partial charge on any atom is -0.207 e. The summed E-state index contributed by atoms with van der Waals surface area (Å²) in [6, 6.07) is 4.00. The zero-order valence-corrected chi connectivity index (χ0v) is 17.6. The molecule has 0 radical (unpaired) electrons. The predicted octanol–water partition coefficient (Wildman–Crippen LogP) is 7.80. The summed E-state index contributed by atoms with van der Waals surface area (Å²) in [5.41, 5.74) is -0.0246. The third kappa shape index (κ3) is 4.70. The molecule has 3 rings (SSSR count). The Morgan fingerprint density at radius 3 is 2.03 bits per heavy atom. The molecule has 30 heavy (non-hydrogen) atoms. The van der Waals surface area contributed by atoms with Crippen LogP contribution in [0.3, 0.4) is 0 Å². The molecule has 2 aromatic rings. The van der Waals surface area contributed by atoms with Crippen molar-refractivity contribution < 1.29 is 22.0 Å². The van der Waals surface area contributed by atoms with Gasteiger partial charge in [0.2, 0.25) is 0 Å². The molecule has 1 aliphatic rings. The van der Waals surface area contributed by atoms with Gasteiger partial charge in [0.15, 0.2) is 23.3 Å². The Morgan fingerprint density at radius 1 is 0.767 bits per heavy atom. The summed E-state index contributed by atoms with van der Waals surface area (Å²) in [5, 5.41) is 0. The van der Waals surface area contributed by atoms with E-state index >= 15 is 0 Å². The van der Waals surface area contributed by atoms with E-state index in [1.807, 2.05) is 0 Å². The summed E-state index contributed by atoms with van der Waals surface area (Å²) in [5.74, 6) is -4.52. The first-order chi connectivity index (χ1) is 14.4. The molecule has 0 aromatic heterocycles. The maximum Gasteiger partial charge on any atom is 0.165 e. The van der Waals surface area contributed by atoms with Crippen LogP contribution in [0.25, 0.3) is 0 Å². The molecule has 0 heterocycles. The fourth-order valence-electron chi connectivity index (χ4n) is 4.70. The van der Waals surface area contributed by atoms with Crippen molar-refractivity contribution in [1.82, 2.24) is 0 Å². The highest BCUT2D eigenvalue weighted by Gasteiger charge is 2.28. The van der Waals surface area contributed by atoms with Gasteiger partial charge in [-0.1, -0.05) is 38.8 Å². The van der Waals surface area contributed by atoms with Crippen LogP contribution in [-0.2, 0) is 19.3 Å². The van der Waals surface area contributed by atoms with Gasteiger partial charge in [-0.3, -0.25) is 0 Å². The second-order valence-corrected chi connectivity index (χ2v) is 8.43. The van der Waals surface area contributed by atoms with Crippen molar-refractivity contribution in [2.45, 2.75) is 77.6 Å². The molecule has 1 fully saturated rings.